The summed E-state index contributed by atoms with van der Waals surface area (Å²) < 4.78 is 0.939. The number of benzene rings is 2. The molecule has 1 N–H and O–H groups in total. The minimum absolute atomic E-state index is 0.316. The normalized spacial score (nSPS) is 10.9. The van der Waals surface area contributed by atoms with Crippen LogP contribution in [-0.2, 0) is 12.8 Å². The molecule has 0 unspecified atom stereocenters. The summed E-state index contributed by atoms with van der Waals surface area (Å²) in [6, 6.07) is 13.6. The van der Waals surface area contributed by atoms with Crippen molar-refractivity contribution in [3.63, 3.8) is 0 Å². The first kappa shape index (κ1) is 13.8. The molecular formula is C17H15NO2S. The maximum Gasteiger partial charge on any atom is 0.335 e. The van der Waals surface area contributed by atoms with Gasteiger partial charge in [-0.05, 0) is 37.1 Å². The van der Waals surface area contributed by atoms with E-state index in [0.29, 0.717) is 5.56 Å². The Morgan fingerprint density at radius 3 is 2.81 bits per heavy atom. The number of hydrogen-bond donors (Lipinski definition) is 1. The van der Waals surface area contributed by atoms with Crippen molar-refractivity contribution in [2.24, 2.45) is 0 Å². The molecule has 106 valence electrons. The smallest absolute Gasteiger partial charge is 0.335 e. The van der Waals surface area contributed by atoms with E-state index in [2.05, 4.69) is 36.2 Å². The maximum absolute atomic E-state index is 11.0. The van der Waals surface area contributed by atoms with Crippen LogP contribution < -0.4 is 0 Å². The molecule has 0 aliphatic rings. The minimum atomic E-state index is -0.897. The zero-order chi connectivity index (χ0) is 14.8. The Morgan fingerprint density at radius 2 is 2.05 bits per heavy atom. The molecule has 0 bridgehead atoms. The zero-order valence-corrected chi connectivity index (χ0v) is 12.5. The Kier molecular flexibility index (Phi) is 3.71. The Hall–Kier alpha value is -2.20. The molecule has 0 saturated carbocycles. The fourth-order valence-electron chi connectivity index (χ4n) is 2.33. The van der Waals surface area contributed by atoms with Gasteiger partial charge in [0.05, 0.1) is 20.8 Å². The number of aryl methyl sites for hydroxylation is 3. The van der Waals surface area contributed by atoms with Crippen molar-refractivity contribution in [2.45, 2.75) is 19.8 Å². The quantitative estimate of drug-likeness (QED) is 0.789. The molecular weight excluding hydrogens is 282 g/mol. The van der Waals surface area contributed by atoms with Gasteiger partial charge in [-0.1, -0.05) is 29.8 Å². The number of thiazole rings is 1. The molecule has 0 fully saturated rings. The van der Waals surface area contributed by atoms with Gasteiger partial charge in [0.25, 0.3) is 0 Å². The second kappa shape index (κ2) is 5.66. The summed E-state index contributed by atoms with van der Waals surface area (Å²) in [7, 11) is 0. The summed E-state index contributed by atoms with van der Waals surface area (Å²) in [5.41, 5.74) is 3.77. The highest BCUT2D eigenvalue weighted by Gasteiger charge is 2.08. The fraction of sp³-hybridized carbons (Fsp3) is 0.176. The van der Waals surface area contributed by atoms with Crippen molar-refractivity contribution >= 4 is 27.5 Å². The molecule has 3 aromatic rings. The van der Waals surface area contributed by atoms with Crippen LogP contribution in [0, 0.1) is 6.92 Å². The zero-order valence-electron chi connectivity index (χ0n) is 11.7. The van der Waals surface area contributed by atoms with Gasteiger partial charge in [-0.2, -0.15) is 0 Å². The van der Waals surface area contributed by atoms with Gasteiger partial charge in [-0.25, -0.2) is 9.78 Å². The highest BCUT2D eigenvalue weighted by atomic mass is 32.1. The monoisotopic (exact) mass is 297 g/mol. The van der Waals surface area contributed by atoms with E-state index in [1.807, 2.05) is 0 Å². The van der Waals surface area contributed by atoms with Crippen molar-refractivity contribution in [2.75, 3.05) is 0 Å². The van der Waals surface area contributed by atoms with Crippen LogP contribution in [0.2, 0.25) is 0 Å². The topological polar surface area (TPSA) is 50.2 Å². The molecule has 1 aromatic heterocycles. The number of aromatic nitrogens is 1. The minimum Gasteiger partial charge on any atom is -0.478 e. The summed E-state index contributed by atoms with van der Waals surface area (Å²) in [5, 5.41) is 10.1. The number of carbonyl (C=O) groups is 1. The Bertz CT molecular complexity index is 807. The Balaban J connectivity index is 1.80. The standard InChI is InChI=1S/C17H15NO2S/c1-11-3-2-4-12(9-11)5-8-16-18-14-7-6-13(17(19)20)10-15(14)21-16/h2-4,6-7,9-10H,5,8H2,1H3,(H,19,20). The van der Waals surface area contributed by atoms with Crippen LogP contribution in [0.1, 0.15) is 26.5 Å². The summed E-state index contributed by atoms with van der Waals surface area (Å²) in [6.07, 6.45) is 1.83. The lowest BCUT2D eigenvalue weighted by atomic mass is 10.1. The lowest BCUT2D eigenvalue weighted by molar-refractivity contribution is 0.0697. The summed E-state index contributed by atoms with van der Waals surface area (Å²) >= 11 is 1.58. The van der Waals surface area contributed by atoms with Crippen molar-refractivity contribution in [3.8, 4) is 0 Å². The van der Waals surface area contributed by atoms with Crippen molar-refractivity contribution in [1.29, 1.82) is 0 Å². The lowest BCUT2D eigenvalue weighted by Gasteiger charge is -2.00. The number of hydrogen-bond acceptors (Lipinski definition) is 3. The molecule has 1 heterocycles. The van der Waals surface area contributed by atoms with Crippen molar-refractivity contribution < 1.29 is 9.90 Å². The van der Waals surface area contributed by atoms with Gasteiger partial charge in [0.15, 0.2) is 0 Å². The largest absolute Gasteiger partial charge is 0.478 e. The van der Waals surface area contributed by atoms with Gasteiger partial charge in [0.2, 0.25) is 0 Å². The molecule has 0 aliphatic carbocycles. The summed E-state index contributed by atoms with van der Waals surface area (Å²) in [5.74, 6) is -0.897. The number of carboxylic acid groups (broad SMARTS) is 1. The molecule has 0 amide bonds. The van der Waals surface area contributed by atoms with Gasteiger partial charge in [-0.15, -0.1) is 11.3 Å². The van der Waals surface area contributed by atoms with Crippen LogP contribution in [0.15, 0.2) is 42.5 Å². The predicted octanol–water partition coefficient (Wildman–Crippen LogP) is 4.09. The number of nitrogens with zero attached hydrogens (tertiary/aromatic N) is 1. The van der Waals surface area contributed by atoms with Crippen molar-refractivity contribution in [1.82, 2.24) is 4.98 Å². The molecule has 0 saturated heterocycles. The van der Waals surface area contributed by atoms with Crippen LogP contribution in [-0.4, -0.2) is 16.1 Å². The number of carboxylic acids is 1. The first-order valence-electron chi connectivity index (χ1n) is 6.80. The van der Waals surface area contributed by atoms with Crippen LogP contribution >= 0.6 is 11.3 Å². The van der Waals surface area contributed by atoms with E-state index < -0.39 is 5.97 Å². The van der Waals surface area contributed by atoms with Crippen LogP contribution in [0.25, 0.3) is 10.2 Å². The Labute approximate surface area is 126 Å². The molecule has 4 heteroatoms. The maximum atomic E-state index is 11.0. The second-order valence-electron chi connectivity index (χ2n) is 5.08. The average Bonchev–Trinajstić information content (AvgIpc) is 2.87. The van der Waals surface area contributed by atoms with Crippen molar-refractivity contribution in [3.05, 3.63) is 64.2 Å². The summed E-state index contributed by atoms with van der Waals surface area (Å²) in [4.78, 5) is 15.6. The molecule has 2 aromatic carbocycles. The third-order valence-corrected chi connectivity index (χ3v) is 4.47. The molecule has 3 rings (SSSR count). The van der Waals surface area contributed by atoms with Gasteiger partial charge in [0, 0.05) is 6.42 Å². The van der Waals surface area contributed by atoms with Gasteiger partial charge >= 0.3 is 5.97 Å². The molecule has 0 radical (unpaired) electrons. The molecule has 21 heavy (non-hydrogen) atoms. The van der Waals surface area contributed by atoms with Crippen LogP contribution in [0.4, 0.5) is 0 Å². The van der Waals surface area contributed by atoms with E-state index >= 15 is 0 Å². The second-order valence-corrected chi connectivity index (χ2v) is 6.20. The SMILES string of the molecule is Cc1cccc(CCc2nc3ccc(C(=O)O)cc3s2)c1. The van der Waals surface area contributed by atoms with Gasteiger partial charge in [-0.3, -0.25) is 0 Å². The highest BCUT2D eigenvalue weighted by Crippen LogP contribution is 2.24. The van der Waals surface area contributed by atoms with Gasteiger partial charge < -0.3 is 5.11 Å². The molecule has 0 aliphatic heterocycles. The third-order valence-electron chi connectivity index (χ3n) is 3.39. The first-order chi connectivity index (χ1) is 10.1. The number of rotatable bonds is 4. The van der Waals surface area contributed by atoms with E-state index in [9.17, 15) is 4.79 Å². The number of aromatic carboxylic acids is 1. The third kappa shape index (κ3) is 3.11. The highest BCUT2D eigenvalue weighted by molar-refractivity contribution is 7.18. The van der Waals surface area contributed by atoms with E-state index in [1.54, 1.807) is 29.5 Å². The van der Waals surface area contributed by atoms with E-state index in [1.165, 1.54) is 11.1 Å². The van der Waals surface area contributed by atoms with E-state index in [-0.39, 0.29) is 0 Å². The Morgan fingerprint density at radius 1 is 1.19 bits per heavy atom. The molecule has 0 spiro atoms. The van der Waals surface area contributed by atoms with Gasteiger partial charge in [0.1, 0.15) is 0 Å². The van der Waals surface area contributed by atoms with E-state index in [0.717, 1.165) is 28.1 Å². The molecule has 3 nitrogen and oxygen atoms in total. The lowest BCUT2D eigenvalue weighted by Crippen LogP contribution is -1.94. The average molecular weight is 297 g/mol. The van der Waals surface area contributed by atoms with E-state index in [4.69, 9.17) is 5.11 Å². The fourth-order valence-corrected chi connectivity index (χ4v) is 3.34. The van der Waals surface area contributed by atoms with Crippen LogP contribution in [0.3, 0.4) is 0 Å². The van der Waals surface area contributed by atoms with Crippen LogP contribution in [0.5, 0.6) is 0 Å². The summed E-state index contributed by atoms with van der Waals surface area (Å²) in [6.45, 7) is 2.09. The predicted molar refractivity (Wildman–Crippen MR) is 85.2 cm³/mol. The molecule has 0 atom stereocenters. The number of fused-ring (bicyclic) bond motifs is 1. The first-order valence-corrected chi connectivity index (χ1v) is 7.62.